The van der Waals surface area contributed by atoms with Gasteiger partial charge in [0.05, 0.1) is 6.54 Å². The van der Waals surface area contributed by atoms with Crippen LogP contribution in [0.15, 0.2) is 10.6 Å². The Morgan fingerprint density at radius 2 is 2.29 bits per heavy atom. The average Bonchev–Trinajstić information content (AvgIpc) is 2.75. The van der Waals surface area contributed by atoms with Crippen LogP contribution in [0.2, 0.25) is 0 Å². The summed E-state index contributed by atoms with van der Waals surface area (Å²) in [5.74, 6) is 1.33. The minimum Gasteiger partial charge on any atom is -0.381 e. The van der Waals surface area contributed by atoms with Gasteiger partial charge in [-0.3, -0.25) is 4.90 Å². The van der Waals surface area contributed by atoms with Crippen LogP contribution in [0.4, 0.5) is 5.82 Å². The largest absolute Gasteiger partial charge is 0.381 e. The van der Waals surface area contributed by atoms with Crippen LogP contribution in [0.3, 0.4) is 0 Å². The van der Waals surface area contributed by atoms with Gasteiger partial charge >= 0.3 is 0 Å². The van der Waals surface area contributed by atoms with Crippen molar-refractivity contribution in [1.29, 1.82) is 0 Å². The molecule has 1 aromatic heterocycles. The molecular weight excluding hydrogens is 178 g/mol. The molecule has 1 heterocycles. The van der Waals surface area contributed by atoms with Crippen LogP contribution in [0.25, 0.3) is 0 Å². The molecule has 4 heteroatoms. The third kappa shape index (κ3) is 2.07. The molecule has 0 aliphatic heterocycles. The van der Waals surface area contributed by atoms with E-state index in [1.54, 1.807) is 6.07 Å². The highest BCUT2D eigenvalue weighted by molar-refractivity contribution is 5.26. The van der Waals surface area contributed by atoms with Crippen molar-refractivity contribution in [1.82, 2.24) is 10.1 Å². The van der Waals surface area contributed by atoms with E-state index in [-0.39, 0.29) is 0 Å². The molecule has 2 rings (SSSR count). The average molecular weight is 195 g/mol. The molecule has 0 saturated heterocycles. The van der Waals surface area contributed by atoms with E-state index in [1.165, 1.54) is 25.7 Å². The maximum atomic E-state index is 5.48. The fourth-order valence-electron chi connectivity index (χ4n) is 2.12. The van der Waals surface area contributed by atoms with Gasteiger partial charge in [-0.25, -0.2) is 0 Å². The van der Waals surface area contributed by atoms with Crippen LogP contribution in [0.5, 0.6) is 0 Å². The van der Waals surface area contributed by atoms with E-state index in [4.69, 9.17) is 10.3 Å². The molecule has 14 heavy (non-hydrogen) atoms. The topological polar surface area (TPSA) is 55.3 Å². The van der Waals surface area contributed by atoms with E-state index in [0.29, 0.717) is 11.9 Å². The van der Waals surface area contributed by atoms with Crippen LogP contribution in [0.1, 0.15) is 31.4 Å². The lowest BCUT2D eigenvalue weighted by Crippen LogP contribution is -2.28. The van der Waals surface area contributed by atoms with Crippen LogP contribution in [0, 0.1) is 0 Å². The Morgan fingerprint density at radius 3 is 2.86 bits per heavy atom. The smallest absolute Gasteiger partial charge is 0.167 e. The normalized spacial score (nSPS) is 18.1. The third-order valence-electron chi connectivity index (χ3n) is 2.93. The van der Waals surface area contributed by atoms with Crippen molar-refractivity contribution in [2.24, 2.45) is 0 Å². The number of anilines is 1. The van der Waals surface area contributed by atoms with E-state index in [0.717, 1.165) is 12.3 Å². The molecule has 0 unspecified atom stereocenters. The highest BCUT2D eigenvalue weighted by Crippen LogP contribution is 2.23. The first-order chi connectivity index (χ1) is 6.75. The van der Waals surface area contributed by atoms with Gasteiger partial charge in [-0.05, 0) is 19.9 Å². The van der Waals surface area contributed by atoms with E-state index in [2.05, 4.69) is 17.1 Å². The number of nitrogens with two attached hydrogens (primary N) is 1. The van der Waals surface area contributed by atoms with Crippen LogP contribution < -0.4 is 5.73 Å². The Kier molecular flexibility index (Phi) is 2.72. The van der Waals surface area contributed by atoms with E-state index >= 15 is 0 Å². The Hall–Kier alpha value is -1.03. The van der Waals surface area contributed by atoms with Crippen molar-refractivity contribution in [2.75, 3.05) is 12.8 Å². The fourth-order valence-corrected chi connectivity index (χ4v) is 2.12. The second-order valence-electron chi connectivity index (χ2n) is 4.07. The Bertz CT molecular complexity index is 291. The lowest BCUT2D eigenvalue weighted by Gasteiger charge is -2.22. The van der Waals surface area contributed by atoms with Crippen molar-refractivity contribution in [3.05, 3.63) is 11.8 Å². The maximum Gasteiger partial charge on any atom is 0.167 e. The highest BCUT2D eigenvalue weighted by Gasteiger charge is 2.20. The minimum atomic E-state index is 0.472. The van der Waals surface area contributed by atoms with Crippen molar-refractivity contribution >= 4 is 5.82 Å². The van der Waals surface area contributed by atoms with Crippen LogP contribution in [-0.4, -0.2) is 23.1 Å². The summed E-state index contributed by atoms with van der Waals surface area (Å²) in [7, 11) is 2.13. The molecule has 0 amide bonds. The molecule has 1 fully saturated rings. The predicted octanol–water partition coefficient (Wildman–Crippen LogP) is 1.63. The van der Waals surface area contributed by atoms with E-state index in [1.807, 2.05) is 0 Å². The SMILES string of the molecule is CN(Cc1cc(N)no1)C1CCCC1. The first-order valence-corrected chi connectivity index (χ1v) is 5.17. The second kappa shape index (κ2) is 4.00. The molecule has 78 valence electrons. The Balaban J connectivity index is 1.90. The summed E-state index contributed by atoms with van der Waals surface area (Å²) in [6, 6.07) is 2.51. The lowest BCUT2D eigenvalue weighted by molar-refractivity contribution is 0.210. The van der Waals surface area contributed by atoms with E-state index < -0.39 is 0 Å². The zero-order chi connectivity index (χ0) is 9.97. The molecular formula is C10H17N3O. The van der Waals surface area contributed by atoms with Crippen LogP contribution >= 0.6 is 0 Å². The summed E-state index contributed by atoms with van der Waals surface area (Å²) >= 11 is 0. The molecule has 1 saturated carbocycles. The van der Waals surface area contributed by atoms with E-state index in [9.17, 15) is 0 Å². The molecule has 0 bridgehead atoms. The summed E-state index contributed by atoms with van der Waals surface area (Å²) in [5.41, 5.74) is 5.48. The van der Waals surface area contributed by atoms with Gasteiger partial charge in [-0.15, -0.1) is 0 Å². The number of nitrogens with zero attached hydrogens (tertiary/aromatic N) is 2. The quantitative estimate of drug-likeness (QED) is 0.796. The van der Waals surface area contributed by atoms with Gasteiger partial charge in [-0.2, -0.15) is 0 Å². The molecule has 1 aliphatic carbocycles. The Labute approximate surface area is 84.0 Å². The van der Waals surface area contributed by atoms with Gasteiger partial charge in [-0.1, -0.05) is 18.0 Å². The predicted molar refractivity (Wildman–Crippen MR) is 54.6 cm³/mol. The van der Waals surface area contributed by atoms with Crippen molar-refractivity contribution in [3.63, 3.8) is 0 Å². The third-order valence-corrected chi connectivity index (χ3v) is 2.93. The summed E-state index contributed by atoms with van der Waals surface area (Å²) in [6.45, 7) is 0.814. The standard InChI is InChI=1S/C10H17N3O/c1-13(8-4-2-3-5-8)7-9-6-10(11)12-14-9/h6,8H,2-5,7H2,1H3,(H2,11,12). The van der Waals surface area contributed by atoms with Crippen molar-refractivity contribution in [2.45, 2.75) is 38.3 Å². The zero-order valence-corrected chi connectivity index (χ0v) is 8.57. The van der Waals surface area contributed by atoms with Gasteiger partial charge in [0.2, 0.25) is 0 Å². The van der Waals surface area contributed by atoms with Crippen molar-refractivity contribution < 1.29 is 4.52 Å². The summed E-state index contributed by atoms with van der Waals surface area (Å²) < 4.78 is 5.08. The summed E-state index contributed by atoms with van der Waals surface area (Å²) in [5, 5.41) is 3.67. The zero-order valence-electron chi connectivity index (χ0n) is 8.57. The molecule has 1 aromatic rings. The molecule has 0 atom stereocenters. The highest BCUT2D eigenvalue weighted by atomic mass is 16.5. The summed E-state index contributed by atoms with van der Waals surface area (Å²) in [4.78, 5) is 2.33. The Morgan fingerprint density at radius 1 is 1.57 bits per heavy atom. The molecule has 2 N–H and O–H groups in total. The van der Waals surface area contributed by atoms with Gasteiger partial charge in [0.1, 0.15) is 0 Å². The lowest BCUT2D eigenvalue weighted by atomic mass is 10.2. The molecule has 4 nitrogen and oxygen atoms in total. The molecule has 1 aliphatic rings. The number of hydrogen-bond donors (Lipinski definition) is 1. The molecule has 0 spiro atoms. The monoisotopic (exact) mass is 195 g/mol. The first-order valence-electron chi connectivity index (χ1n) is 5.17. The molecule has 0 radical (unpaired) electrons. The summed E-state index contributed by atoms with van der Waals surface area (Å²) in [6.07, 6.45) is 5.32. The van der Waals surface area contributed by atoms with Gasteiger partial charge < -0.3 is 10.3 Å². The number of rotatable bonds is 3. The first kappa shape index (κ1) is 9.52. The van der Waals surface area contributed by atoms with Gasteiger partial charge in [0, 0.05) is 12.1 Å². The number of aromatic nitrogens is 1. The second-order valence-corrected chi connectivity index (χ2v) is 4.07. The number of hydrogen-bond acceptors (Lipinski definition) is 4. The van der Waals surface area contributed by atoms with Crippen LogP contribution in [-0.2, 0) is 6.54 Å². The number of nitrogen functional groups attached to an aromatic ring is 1. The van der Waals surface area contributed by atoms with Gasteiger partial charge in [0.15, 0.2) is 11.6 Å². The maximum absolute atomic E-state index is 5.48. The minimum absolute atomic E-state index is 0.472. The molecule has 0 aromatic carbocycles. The van der Waals surface area contributed by atoms with Crippen molar-refractivity contribution in [3.8, 4) is 0 Å². The van der Waals surface area contributed by atoms with Gasteiger partial charge in [0.25, 0.3) is 0 Å². The fraction of sp³-hybridized carbons (Fsp3) is 0.700.